The first kappa shape index (κ1) is 10.5. The number of aromatic nitrogens is 2. The monoisotopic (exact) mass is 217 g/mol. The quantitative estimate of drug-likeness (QED) is 0.840. The van der Waals surface area contributed by atoms with Gasteiger partial charge in [0.2, 0.25) is 5.88 Å². The lowest BCUT2D eigenvalue weighted by Gasteiger charge is -2.06. The second-order valence-electron chi connectivity index (χ2n) is 3.84. The molecule has 4 heteroatoms. The largest absolute Gasteiger partial charge is 0.437 e. The molecule has 0 fully saturated rings. The SMILES string of the molecule is Cc1ccc(Oc2c(N)c(C)nn2C)cc1. The lowest BCUT2D eigenvalue weighted by atomic mass is 10.2. The summed E-state index contributed by atoms with van der Waals surface area (Å²) in [6.07, 6.45) is 0. The lowest BCUT2D eigenvalue weighted by molar-refractivity contribution is 0.432. The average Bonchev–Trinajstić information content (AvgIpc) is 2.48. The van der Waals surface area contributed by atoms with E-state index in [1.54, 1.807) is 4.68 Å². The van der Waals surface area contributed by atoms with Gasteiger partial charge in [-0.3, -0.25) is 0 Å². The predicted molar refractivity (Wildman–Crippen MR) is 63.6 cm³/mol. The Hall–Kier alpha value is -1.97. The highest BCUT2D eigenvalue weighted by atomic mass is 16.5. The van der Waals surface area contributed by atoms with Gasteiger partial charge in [-0.2, -0.15) is 5.10 Å². The van der Waals surface area contributed by atoms with E-state index in [1.165, 1.54) is 5.56 Å². The van der Waals surface area contributed by atoms with Crippen LogP contribution in [0.25, 0.3) is 0 Å². The van der Waals surface area contributed by atoms with E-state index in [4.69, 9.17) is 10.5 Å². The van der Waals surface area contributed by atoms with E-state index in [0.29, 0.717) is 11.6 Å². The molecule has 2 aromatic rings. The number of aryl methyl sites for hydroxylation is 3. The van der Waals surface area contributed by atoms with Gasteiger partial charge in [0.1, 0.15) is 11.4 Å². The van der Waals surface area contributed by atoms with Crippen molar-refractivity contribution in [3.63, 3.8) is 0 Å². The van der Waals surface area contributed by atoms with E-state index >= 15 is 0 Å². The summed E-state index contributed by atoms with van der Waals surface area (Å²) in [5.74, 6) is 1.35. The van der Waals surface area contributed by atoms with Crippen LogP contribution in [0.1, 0.15) is 11.3 Å². The Balaban J connectivity index is 2.30. The number of nitrogens with zero attached hydrogens (tertiary/aromatic N) is 2. The number of nitrogens with two attached hydrogens (primary N) is 1. The molecule has 0 unspecified atom stereocenters. The summed E-state index contributed by atoms with van der Waals surface area (Å²) < 4.78 is 7.33. The molecule has 2 rings (SSSR count). The minimum atomic E-state index is 0.585. The van der Waals surface area contributed by atoms with E-state index in [-0.39, 0.29) is 0 Å². The summed E-state index contributed by atoms with van der Waals surface area (Å²) in [5.41, 5.74) is 8.44. The molecule has 1 aromatic heterocycles. The van der Waals surface area contributed by atoms with Crippen LogP contribution in [0.15, 0.2) is 24.3 Å². The van der Waals surface area contributed by atoms with Gasteiger partial charge in [-0.25, -0.2) is 4.68 Å². The molecule has 1 aromatic carbocycles. The van der Waals surface area contributed by atoms with Crippen LogP contribution < -0.4 is 10.5 Å². The molecule has 1 heterocycles. The van der Waals surface area contributed by atoms with Gasteiger partial charge in [-0.05, 0) is 26.0 Å². The van der Waals surface area contributed by atoms with Crippen LogP contribution in [-0.2, 0) is 7.05 Å². The molecule has 0 aliphatic heterocycles. The van der Waals surface area contributed by atoms with E-state index in [9.17, 15) is 0 Å². The summed E-state index contributed by atoms with van der Waals surface area (Å²) in [4.78, 5) is 0. The van der Waals surface area contributed by atoms with Gasteiger partial charge in [-0.15, -0.1) is 0 Å². The molecular formula is C12H15N3O. The maximum absolute atomic E-state index is 5.87. The summed E-state index contributed by atoms with van der Waals surface area (Å²) in [6, 6.07) is 7.82. The third-order valence-corrected chi connectivity index (χ3v) is 2.45. The number of hydrogen-bond acceptors (Lipinski definition) is 3. The smallest absolute Gasteiger partial charge is 0.241 e. The molecule has 4 nitrogen and oxygen atoms in total. The molecule has 0 spiro atoms. The maximum atomic E-state index is 5.87. The first-order chi connectivity index (χ1) is 7.58. The van der Waals surface area contributed by atoms with Crippen LogP contribution in [0.2, 0.25) is 0 Å². The van der Waals surface area contributed by atoms with Crippen LogP contribution in [0.5, 0.6) is 11.6 Å². The highest BCUT2D eigenvalue weighted by molar-refractivity contribution is 5.53. The van der Waals surface area contributed by atoms with E-state index < -0.39 is 0 Å². The molecule has 0 aliphatic carbocycles. The molecule has 0 atom stereocenters. The Kier molecular flexibility index (Phi) is 2.56. The Bertz CT molecular complexity index is 500. The highest BCUT2D eigenvalue weighted by Gasteiger charge is 2.11. The van der Waals surface area contributed by atoms with Crippen LogP contribution in [-0.4, -0.2) is 9.78 Å². The van der Waals surface area contributed by atoms with Gasteiger partial charge < -0.3 is 10.5 Å². The number of hydrogen-bond donors (Lipinski definition) is 1. The third kappa shape index (κ3) is 1.86. The number of rotatable bonds is 2. The van der Waals surface area contributed by atoms with Crippen LogP contribution in [0.4, 0.5) is 5.69 Å². The van der Waals surface area contributed by atoms with Crippen molar-refractivity contribution in [2.24, 2.45) is 7.05 Å². The van der Waals surface area contributed by atoms with Crippen molar-refractivity contribution < 1.29 is 4.74 Å². The molecule has 0 radical (unpaired) electrons. The number of ether oxygens (including phenoxy) is 1. The first-order valence-corrected chi connectivity index (χ1v) is 5.11. The van der Waals surface area contributed by atoms with E-state index in [1.807, 2.05) is 45.2 Å². The molecule has 84 valence electrons. The second kappa shape index (κ2) is 3.89. The Morgan fingerprint density at radius 1 is 1.19 bits per heavy atom. The van der Waals surface area contributed by atoms with Crippen LogP contribution >= 0.6 is 0 Å². The van der Waals surface area contributed by atoms with Gasteiger partial charge in [0, 0.05) is 7.05 Å². The highest BCUT2D eigenvalue weighted by Crippen LogP contribution is 2.28. The number of nitrogen functional groups attached to an aromatic ring is 1. The standard InChI is InChI=1S/C12H15N3O/c1-8-4-6-10(7-5-8)16-12-11(13)9(2)14-15(12)3/h4-7H,13H2,1-3H3. The topological polar surface area (TPSA) is 53.1 Å². The molecule has 0 saturated carbocycles. The van der Waals surface area contributed by atoms with Crippen molar-refractivity contribution >= 4 is 5.69 Å². The zero-order chi connectivity index (χ0) is 11.7. The van der Waals surface area contributed by atoms with Crippen LogP contribution in [0.3, 0.4) is 0 Å². The van der Waals surface area contributed by atoms with E-state index in [2.05, 4.69) is 5.10 Å². The van der Waals surface area contributed by atoms with Crippen molar-refractivity contribution in [2.75, 3.05) is 5.73 Å². The number of anilines is 1. The zero-order valence-corrected chi connectivity index (χ0v) is 9.69. The average molecular weight is 217 g/mol. The molecular weight excluding hydrogens is 202 g/mol. The van der Waals surface area contributed by atoms with Gasteiger partial charge in [-0.1, -0.05) is 17.7 Å². The molecule has 16 heavy (non-hydrogen) atoms. The lowest BCUT2D eigenvalue weighted by Crippen LogP contribution is -1.96. The molecule has 0 amide bonds. The van der Waals surface area contributed by atoms with E-state index in [0.717, 1.165) is 11.4 Å². The van der Waals surface area contributed by atoms with Crippen molar-refractivity contribution in [3.8, 4) is 11.6 Å². The third-order valence-electron chi connectivity index (χ3n) is 2.45. The molecule has 0 aliphatic rings. The summed E-state index contributed by atoms with van der Waals surface area (Å²) in [6.45, 7) is 3.89. The molecule has 2 N–H and O–H groups in total. The predicted octanol–water partition coefficient (Wildman–Crippen LogP) is 2.41. The maximum Gasteiger partial charge on any atom is 0.241 e. The van der Waals surface area contributed by atoms with Gasteiger partial charge in [0.05, 0.1) is 5.69 Å². The second-order valence-corrected chi connectivity index (χ2v) is 3.84. The fraction of sp³-hybridized carbons (Fsp3) is 0.250. The molecule has 0 bridgehead atoms. The summed E-state index contributed by atoms with van der Waals surface area (Å²) in [5, 5.41) is 4.19. The summed E-state index contributed by atoms with van der Waals surface area (Å²) >= 11 is 0. The van der Waals surface area contributed by atoms with Crippen molar-refractivity contribution in [1.82, 2.24) is 9.78 Å². The fourth-order valence-electron chi connectivity index (χ4n) is 1.49. The Morgan fingerprint density at radius 2 is 1.81 bits per heavy atom. The first-order valence-electron chi connectivity index (χ1n) is 5.11. The van der Waals surface area contributed by atoms with Crippen molar-refractivity contribution in [1.29, 1.82) is 0 Å². The fourth-order valence-corrected chi connectivity index (χ4v) is 1.49. The Morgan fingerprint density at radius 3 is 2.31 bits per heavy atom. The minimum absolute atomic E-state index is 0.585. The van der Waals surface area contributed by atoms with Crippen molar-refractivity contribution in [2.45, 2.75) is 13.8 Å². The minimum Gasteiger partial charge on any atom is -0.437 e. The van der Waals surface area contributed by atoms with Crippen LogP contribution in [0, 0.1) is 13.8 Å². The van der Waals surface area contributed by atoms with Gasteiger partial charge >= 0.3 is 0 Å². The van der Waals surface area contributed by atoms with Crippen molar-refractivity contribution in [3.05, 3.63) is 35.5 Å². The Labute approximate surface area is 94.6 Å². The van der Waals surface area contributed by atoms with Gasteiger partial charge in [0.25, 0.3) is 0 Å². The molecule has 0 saturated heterocycles. The summed E-state index contributed by atoms with van der Waals surface area (Å²) in [7, 11) is 1.81. The zero-order valence-electron chi connectivity index (χ0n) is 9.69. The number of benzene rings is 1. The van der Waals surface area contributed by atoms with Gasteiger partial charge in [0.15, 0.2) is 0 Å². The normalized spacial score (nSPS) is 10.4.